The Kier molecular flexibility index (Phi) is 8.27. The minimum Gasteiger partial charge on any atom is -0.493 e. The van der Waals surface area contributed by atoms with E-state index < -0.39 is 0 Å². The van der Waals surface area contributed by atoms with Gasteiger partial charge in [0.15, 0.2) is 11.5 Å². The van der Waals surface area contributed by atoms with Gasteiger partial charge in [0.1, 0.15) is 12.2 Å². The van der Waals surface area contributed by atoms with Gasteiger partial charge in [-0.3, -0.25) is 9.59 Å². The normalized spacial score (nSPS) is 10.2. The van der Waals surface area contributed by atoms with E-state index in [1.807, 2.05) is 12.1 Å². The Morgan fingerprint density at radius 3 is 2.18 bits per heavy atom. The molecule has 0 unspecified atom stereocenters. The second-order valence-corrected chi connectivity index (χ2v) is 6.16. The van der Waals surface area contributed by atoms with Crippen molar-refractivity contribution in [3.63, 3.8) is 0 Å². The van der Waals surface area contributed by atoms with Crippen molar-refractivity contribution in [3.05, 3.63) is 59.4 Å². The Morgan fingerprint density at radius 1 is 0.893 bits per heavy atom. The van der Waals surface area contributed by atoms with Gasteiger partial charge in [-0.25, -0.2) is 4.39 Å². The standard InChI is InChI=1S/C21H25FN2O4/c1-27-18-8-7-15(13-19(18)28-2)9-11-23-20(25)14-21(26)24-12-10-16-5-3-4-6-17(16)22/h3-8,13H,9-12,14H2,1-2H3,(H,23,25)(H,24,26). The van der Waals surface area contributed by atoms with E-state index in [-0.39, 0.29) is 30.6 Å². The van der Waals surface area contributed by atoms with Gasteiger partial charge in [-0.2, -0.15) is 0 Å². The number of halogens is 1. The average Bonchev–Trinajstić information content (AvgIpc) is 2.69. The first-order chi connectivity index (χ1) is 13.5. The molecule has 0 aliphatic rings. The van der Waals surface area contributed by atoms with Crippen molar-refractivity contribution in [3.8, 4) is 11.5 Å². The molecule has 0 radical (unpaired) electrons. The van der Waals surface area contributed by atoms with E-state index in [9.17, 15) is 14.0 Å². The monoisotopic (exact) mass is 388 g/mol. The van der Waals surface area contributed by atoms with E-state index in [0.717, 1.165) is 5.56 Å². The third-order valence-corrected chi connectivity index (χ3v) is 4.18. The van der Waals surface area contributed by atoms with Crippen LogP contribution in [-0.4, -0.2) is 39.1 Å². The maximum atomic E-state index is 13.5. The Morgan fingerprint density at radius 2 is 1.54 bits per heavy atom. The molecule has 2 amide bonds. The van der Waals surface area contributed by atoms with E-state index in [1.165, 1.54) is 6.07 Å². The first kappa shape index (κ1) is 21.2. The molecule has 0 aromatic heterocycles. The predicted octanol–water partition coefficient (Wildman–Crippen LogP) is 2.25. The van der Waals surface area contributed by atoms with Crippen molar-refractivity contribution < 1.29 is 23.5 Å². The molecule has 0 saturated heterocycles. The number of methoxy groups -OCH3 is 2. The number of carbonyl (C=O) groups is 2. The molecule has 0 atom stereocenters. The zero-order chi connectivity index (χ0) is 20.4. The molecule has 28 heavy (non-hydrogen) atoms. The lowest BCUT2D eigenvalue weighted by Crippen LogP contribution is -2.33. The molecule has 150 valence electrons. The maximum Gasteiger partial charge on any atom is 0.229 e. The number of carbonyl (C=O) groups excluding carboxylic acids is 2. The third-order valence-electron chi connectivity index (χ3n) is 4.18. The van der Waals surface area contributed by atoms with Crippen molar-refractivity contribution in [1.82, 2.24) is 10.6 Å². The van der Waals surface area contributed by atoms with Gasteiger partial charge in [0, 0.05) is 13.1 Å². The summed E-state index contributed by atoms with van der Waals surface area (Å²) in [4.78, 5) is 23.7. The van der Waals surface area contributed by atoms with Crippen LogP contribution in [0.25, 0.3) is 0 Å². The van der Waals surface area contributed by atoms with E-state index in [4.69, 9.17) is 9.47 Å². The molecule has 2 aromatic carbocycles. The van der Waals surface area contributed by atoms with Gasteiger partial charge in [-0.05, 0) is 42.2 Å². The predicted molar refractivity (Wildman–Crippen MR) is 104 cm³/mol. The summed E-state index contributed by atoms with van der Waals surface area (Å²) in [5, 5.41) is 5.34. The minimum absolute atomic E-state index is 0.261. The molecule has 2 rings (SSSR count). The Hall–Kier alpha value is -3.09. The topological polar surface area (TPSA) is 76.7 Å². The highest BCUT2D eigenvalue weighted by Gasteiger charge is 2.10. The van der Waals surface area contributed by atoms with Gasteiger partial charge >= 0.3 is 0 Å². The van der Waals surface area contributed by atoms with Gasteiger partial charge in [-0.1, -0.05) is 24.3 Å². The van der Waals surface area contributed by atoms with Crippen LogP contribution in [0.15, 0.2) is 42.5 Å². The summed E-state index contributed by atoms with van der Waals surface area (Å²) in [5.74, 6) is 0.219. The quantitative estimate of drug-likeness (QED) is 0.612. The smallest absolute Gasteiger partial charge is 0.229 e. The van der Waals surface area contributed by atoms with Crippen molar-refractivity contribution in [2.75, 3.05) is 27.3 Å². The number of ether oxygens (including phenoxy) is 2. The summed E-state index contributed by atoms with van der Waals surface area (Å²) in [5.41, 5.74) is 1.51. The van der Waals surface area contributed by atoms with E-state index >= 15 is 0 Å². The van der Waals surface area contributed by atoms with Gasteiger partial charge in [0.05, 0.1) is 14.2 Å². The molecule has 0 aliphatic carbocycles. The lowest BCUT2D eigenvalue weighted by atomic mass is 10.1. The van der Waals surface area contributed by atoms with Gasteiger partial charge in [0.25, 0.3) is 0 Å². The fourth-order valence-corrected chi connectivity index (χ4v) is 2.69. The third kappa shape index (κ3) is 6.57. The number of nitrogens with one attached hydrogen (secondary N) is 2. The Bertz CT molecular complexity index is 811. The Balaban J connectivity index is 1.68. The fourth-order valence-electron chi connectivity index (χ4n) is 2.69. The van der Waals surface area contributed by atoms with Crippen LogP contribution < -0.4 is 20.1 Å². The summed E-state index contributed by atoms with van der Waals surface area (Å²) in [6.45, 7) is 0.676. The first-order valence-electron chi connectivity index (χ1n) is 9.01. The number of hydrogen-bond acceptors (Lipinski definition) is 4. The highest BCUT2D eigenvalue weighted by atomic mass is 19.1. The number of hydrogen-bond donors (Lipinski definition) is 2. The van der Waals surface area contributed by atoms with Crippen LogP contribution in [0.5, 0.6) is 11.5 Å². The second-order valence-electron chi connectivity index (χ2n) is 6.16. The summed E-state index contributed by atoms with van der Waals surface area (Å²) in [6, 6.07) is 11.9. The van der Waals surface area contributed by atoms with E-state index in [0.29, 0.717) is 36.4 Å². The van der Waals surface area contributed by atoms with Crippen LogP contribution in [0.1, 0.15) is 17.5 Å². The average molecular weight is 388 g/mol. The molecule has 0 saturated carbocycles. The van der Waals surface area contributed by atoms with E-state index in [2.05, 4.69) is 10.6 Å². The van der Waals surface area contributed by atoms with Crippen LogP contribution >= 0.6 is 0 Å². The molecule has 0 fully saturated rings. The SMILES string of the molecule is COc1ccc(CCNC(=O)CC(=O)NCCc2ccccc2F)cc1OC. The molecule has 2 aromatic rings. The molecule has 0 aliphatic heterocycles. The van der Waals surface area contributed by atoms with Gasteiger partial charge < -0.3 is 20.1 Å². The van der Waals surface area contributed by atoms with Crippen molar-refractivity contribution in [2.24, 2.45) is 0 Å². The number of rotatable bonds is 10. The van der Waals surface area contributed by atoms with Crippen LogP contribution in [0, 0.1) is 5.82 Å². The van der Waals surface area contributed by atoms with Crippen LogP contribution in [0.4, 0.5) is 4.39 Å². The van der Waals surface area contributed by atoms with E-state index in [1.54, 1.807) is 38.5 Å². The van der Waals surface area contributed by atoms with Crippen LogP contribution in [-0.2, 0) is 22.4 Å². The zero-order valence-corrected chi connectivity index (χ0v) is 16.1. The fraction of sp³-hybridized carbons (Fsp3) is 0.333. The molecule has 0 spiro atoms. The molecule has 0 bridgehead atoms. The minimum atomic E-state index is -0.389. The Labute approximate surface area is 164 Å². The molecule has 7 heteroatoms. The van der Waals surface area contributed by atoms with Gasteiger partial charge in [-0.15, -0.1) is 0 Å². The summed E-state index contributed by atoms with van der Waals surface area (Å²) in [6.07, 6.45) is 0.712. The first-order valence-corrected chi connectivity index (χ1v) is 9.01. The highest BCUT2D eigenvalue weighted by Crippen LogP contribution is 2.27. The van der Waals surface area contributed by atoms with Crippen LogP contribution in [0.2, 0.25) is 0 Å². The maximum absolute atomic E-state index is 13.5. The number of benzene rings is 2. The largest absolute Gasteiger partial charge is 0.493 e. The lowest BCUT2D eigenvalue weighted by Gasteiger charge is -2.10. The zero-order valence-electron chi connectivity index (χ0n) is 16.1. The molecule has 6 nitrogen and oxygen atoms in total. The number of amides is 2. The second kappa shape index (κ2) is 10.9. The van der Waals surface area contributed by atoms with Gasteiger partial charge in [0.2, 0.25) is 11.8 Å². The van der Waals surface area contributed by atoms with Crippen LogP contribution in [0.3, 0.4) is 0 Å². The molecular formula is C21H25FN2O4. The summed E-state index contributed by atoms with van der Waals surface area (Å²) >= 11 is 0. The molecular weight excluding hydrogens is 363 g/mol. The van der Waals surface area contributed by atoms with Crippen molar-refractivity contribution in [2.45, 2.75) is 19.3 Å². The van der Waals surface area contributed by atoms with Crippen molar-refractivity contribution >= 4 is 11.8 Å². The van der Waals surface area contributed by atoms with Crippen molar-refractivity contribution in [1.29, 1.82) is 0 Å². The lowest BCUT2D eigenvalue weighted by molar-refractivity contribution is -0.129. The molecule has 0 heterocycles. The highest BCUT2D eigenvalue weighted by molar-refractivity contribution is 5.96. The molecule has 2 N–H and O–H groups in total. The summed E-state index contributed by atoms with van der Waals surface area (Å²) in [7, 11) is 3.13. The summed E-state index contributed by atoms with van der Waals surface area (Å²) < 4.78 is 23.9.